The number of carbonyl (C=O) groups is 4. The maximum atomic E-state index is 15.2. The average molecular weight is 669 g/mol. The van der Waals surface area contributed by atoms with Gasteiger partial charge in [-0.1, -0.05) is 78.4 Å². The summed E-state index contributed by atoms with van der Waals surface area (Å²) in [5.41, 5.74) is 0.859. The Kier molecular flexibility index (Phi) is 7.22. The second-order valence-electron chi connectivity index (χ2n) is 13.3. The Labute approximate surface area is 285 Å². The van der Waals surface area contributed by atoms with E-state index in [4.69, 9.17) is 0 Å². The fourth-order valence-corrected chi connectivity index (χ4v) is 8.93. The van der Waals surface area contributed by atoms with E-state index in [1.807, 2.05) is 12.1 Å². The van der Waals surface area contributed by atoms with Crippen LogP contribution in [0.2, 0.25) is 0 Å². The number of anilines is 1. The number of fused-ring (bicyclic) bond motifs is 4. The van der Waals surface area contributed by atoms with Crippen molar-refractivity contribution in [2.75, 3.05) is 4.90 Å². The first-order chi connectivity index (χ1) is 24.1. The molecule has 0 spiro atoms. The van der Waals surface area contributed by atoms with E-state index in [1.165, 1.54) is 42.5 Å². The summed E-state index contributed by atoms with van der Waals surface area (Å²) in [4.78, 5) is 70.0. The summed E-state index contributed by atoms with van der Waals surface area (Å²) >= 11 is 0. The first kappa shape index (κ1) is 31.3. The SMILES string of the molecule is O=C1C(c2ccccc2)=CC(=O)C2(c3ccccc3)C1CC1C(=CCC3C(=O)N(c4ccc([N+](=O)[O-])cc4)C(=O)C31)C2c1ccc(O)c(F)c1. The van der Waals surface area contributed by atoms with Gasteiger partial charge in [0, 0.05) is 29.5 Å². The number of aromatic hydroxyl groups is 1. The van der Waals surface area contributed by atoms with Crippen molar-refractivity contribution in [1.82, 2.24) is 0 Å². The number of imide groups is 1. The summed E-state index contributed by atoms with van der Waals surface area (Å²) < 4.78 is 15.2. The number of nitro groups is 1. The molecule has 50 heavy (non-hydrogen) atoms. The number of nitro benzene ring substituents is 1. The van der Waals surface area contributed by atoms with Crippen molar-refractivity contribution in [3.05, 3.63) is 153 Å². The minimum absolute atomic E-state index is 0.0703. The highest BCUT2D eigenvalue weighted by atomic mass is 19.1. The molecule has 1 N–H and O–H groups in total. The lowest BCUT2D eigenvalue weighted by Gasteiger charge is -2.55. The third-order valence-corrected chi connectivity index (χ3v) is 11.0. The van der Waals surface area contributed by atoms with Crippen LogP contribution in [0, 0.1) is 39.6 Å². The third-order valence-electron chi connectivity index (χ3n) is 11.0. The third kappa shape index (κ3) is 4.44. The molecule has 6 atom stereocenters. The van der Waals surface area contributed by atoms with Crippen molar-refractivity contribution in [1.29, 1.82) is 0 Å². The minimum atomic E-state index is -1.53. The highest BCUT2D eigenvalue weighted by molar-refractivity contribution is 6.32. The molecule has 0 bridgehead atoms. The molecule has 0 radical (unpaired) electrons. The van der Waals surface area contributed by atoms with Gasteiger partial charge in [-0.3, -0.25) is 34.2 Å². The van der Waals surface area contributed by atoms with E-state index in [0.717, 1.165) is 4.90 Å². The number of benzene rings is 4. The molecule has 1 aliphatic heterocycles. The molecule has 0 aromatic heterocycles. The quantitative estimate of drug-likeness (QED) is 0.112. The number of hydrogen-bond donors (Lipinski definition) is 1. The van der Waals surface area contributed by atoms with Crippen molar-refractivity contribution < 1.29 is 33.6 Å². The smallest absolute Gasteiger partial charge is 0.269 e. The predicted molar refractivity (Wildman–Crippen MR) is 180 cm³/mol. The van der Waals surface area contributed by atoms with Gasteiger partial charge in [-0.2, -0.15) is 0 Å². The van der Waals surface area contributed by atoms with Crippen LogP contribution in [-0.2, 0) is 24.6 Å². The van der Waals surface area contributed by atoms with E-state index in [0.29, 0.717) is 22.3 Å². The maximum absolute atomic E-state index is 15.2. The molecule has 1 saturated heterocycles. The van der Waals surface area contributed by atoms with Crippen LogP contribution in [-0.4, -0.2) is 33.4 Å². The summed E-state index contributed by atoms with van der Waals surface area (Å²) in [7, 11) is 0. The fourth-order valence-electron chi connectivity index (χ4n) is 8.93. The van der Waals surface area contributed by atoms with Gasteiger partial charge >= 0.3 is 0 Å². The standard InChI is InChI=1S/C40H29FN2O7/c41-32-19-23(11-18-33(32)44)36-27-16-17-28-35(39(48)42(38(28)47)25-12-14-26(15-13-25)43(49)50)30(27)20-31-37(46)29(22-7-3-1-4-8-22)21-34(45)40(31,36)24-9-5-2-6-10-24/h1-16,18-19,21,28,30-31,35-36,44H,17,20H2. The second-order valence-corrected chi connectivity index (χ2v) is 13.3. The van der Waals surface area contributed by atoms with Crippen molar-refractivity contribution in [2.24, 2.45) is 23.7 Å². The lowest BCUT2D eigenvalue weighted by molar-refractivity contribution is -0.384. The predicted octanol–water partition coefficient (Wildman–Crippen LogP) is 6.47. The number of non-ortho nitro benzene ring substituents is 1. The molecular formula is C40H29FN2O7. The molecule has 4 aromatic carbocycles. The first-order valence-corrected chi connectivity index (χ1v) is 16.3. The zero-order valence-corrected chi connectivity index (χ0v) is 26.4. The first-order valence-electron chi connectivity index (χ1n) is 16.3. The van der Waals surface area contributed by atoms with Crippen LogP contribution in [0.4, 0.5) is 15.8 Å². The Morgan fingerprint density at radius 2 is 1.52 bits per heavy atom. The highest BCUT2D eigenvalue weighted by Gasteiger charge is 2.66. The number of ketones is 2. The van der Waals surface area contributed by atoms with Gasteiger partial charge < -0.3 is 5.11 Å². The van der Waals surface area contributed by atoms with Gasteiger partial charge in [0.1, 0.15) is 0 Å². The van der Waals surface area contributed by atoms with Gasteiger partial charge in [0.25, 0.3) is 5.69 Å². The number of halogens is 1. The molecule has 6 unspecified atom stereocenters. The average Bonchev–Trinajstić information content (AvgIpc) is 3.39. The number of rotatable bonds is 5. The molecule has 2 fully saturated rings. The zero-order valence-electron chi connectivity index (χ0n) is 26.4. The number of Topliss-reactive ketones (excluding diaryl/α,β-unsaturated/α-hetero) is 1. The van der Waals surface area contributed by atoms with Crippen LogP contribution in [0.15, 0.2) is 121 Å². The monoisotopic (exact) mass is 668 g/mol. The fraction of sp³-hybridized carbons (Fsp3) is 0.200. The van der Waals surface area contributed by atoms with Crippen LogP contribution in [0.25, 0.3) is 5.57 Å². The molecule has 8 rings (SSSR count). The summed E-state index contributed by atoms with van der Waals surface area (Å²) in [5, 5.41) is 21.4. The number of amides is 2. The van der Waals surface area contributed by atoms with Crippen LogP contribution >= 0.6 is 0 Å². The van der Waals surface area contributed by atoms with E-state index < -0.39 is 63.3 Å². The van der Waals surface area contributed by atoms with Crippen molar-refractivity contribution in [2.45, 2.75) is 24.2 Å². The van der Waals surface area contributed by atoms with Crippen LogP contribution in [0.1, 0.15) is 35.4 Å². The molecule has 3 aliphatic carbocycles. The summed E-state index contributed by atoms with van der Waals surface area (Å²) in [6.07, 6.45) is 3.48. The van der Waals surface area contributed by atoms with Crippen molar-refractivity contribution >= 4 is 40.3 Å². The van der Waals surface area contributed by atoms with Crippen molar-refractivity contribution in [3.63, 3.8) is 0 Å². The Balaban J connectivity index is 1.33. The Hall–Kier alpha value is -6.03. The number of nitrogens with zero attached hydrogens (tertiary/aromatic N) is 2. The Morgan fingerprint density at radius 3 is 2.18 bits per heavy atom. The van der Waals surface area contributed by atoms with E-state index in [9.17, 15) is 34.4 Å². The second kappa shape index (κ2) is 11.5. The number of phenolic OH excluding ortho intramolecular Hbond substituents is 1. The molecule has 1 saturated carbocycles. The molecule has 248 valence electrons. The summed E-state index contributed by atoms with van der Waals surface area (Å²) in [5.74, 6) is -7.33. The highest BCUT2D eigenvalue weighted by Crippen LogP contribution is 2.63. The Bertz CT molecular complexity index is 2180. The van der Waals surface area contributed by atoms with Gasteiger partial charge in [0.15, 0.2) is 23.1 Å². The zero-order chi connectivity index (χ0) is 34.9. The number of hydrogen-bond acceptors (Lipinski definition) is 7. The number of phenols is 1. The maximum Gasteiger partial charge on any atom is 0.269 e. The molecule has 1 heterocycles. The van der Waals surface area contributed by atoms with E-state index in [1.54, 1.807) is 60.7 Å². The lowest BCUT2D eigenvalue weighted by atomic mass is 9.44. The van der Waals surface area contributed by atoms with Gasteiger partial charge in [-0.05, 0) is 65.8 Å². The minimum Gasteiger partial charge on any atom is -0.505 e. The van der Waals surface area contributed by atoms with Gasteiger partial charge in [-0.15, -0.1) is 0 Å². The lowest BCUT2D eigenvalue weighted by Crippen LogP contribution is -2.58. The van der Waals surface area contributed by atoms with Gasteiger partial charge in [0.2, 0.25) is 11.8 Å². The molecule has 9 nitrogen and oxygen atoms in total. The molecule has 2 amide bonds. The number of allylic oxidation sites excluding steroid dienone is 4. The van der Waals surface area contributed by atoms with E-state index in [-0.39, 0.29) is 41.4 Å². The van der Waals surface area contributed by atoms with E-state index >= 15 is 4.39 Å². The largest absolute Gasteiger partial charge is 0.505 e. The van der Waals surface area contributed by atoms with E-state index in [2.05, 4.69) is 0 Å². The normalized spacial score (nSPS) is 27.2. The molecular weight excluding hydrogens is 639 g/mol. The molecule has 4 aromatic rings. The van der Waals surface area contributed by atoms with Crippen LogP contribution in [0.5, 0.6) is 5.75 Å². The van der Waals surface area contributed by atoms with Crippen LogP contribution in [0.3, 0.4) is 0 Å². The number of carbonyl (C=O) groups excluding carboxylic acids is 4. The molecule has 4 aliphatic rings. The summed E-state index contributed by atoms with van der Waals surface area (Å²) in [6, 6.07) is 26.9. The summed E-state index contributed by atoms with van der Waals surface area (Å²) in [6.45, 7) is 0. The van der Waals surface area contributed by atoms with Crippen molar-refractivity contribution in [3.8, 4) is 5.75 Å². The van der Waals surface area contributed by atoms with Gasteiger partial charge in [0.05, 0.1) is 27.9 Å². The topological polar surface area (TPSA) is 135 Å². The van der Waals surface area contributed by atoms with Crippen LogP contribution < -0.4 is 4.90 Å². The molecule has 10 heteroatoms. The Morgan fingerprint density at radius 1 is 0.840 bits per heavy atom. The van der Waals surface area contributed by atoms with Gasteiger partial charge in [-0.25, -0.2) is 4.39 Å².